The Balaban J connectivity index is 2.00. The van der Waals surface area contributed by atoms with Gasteiger partial charge in [-0.3, -0.25) is 4.79 Å². The van der Waals surface area contributed by atoms with Crippen molar-refractivity contribution in [3.05, 3.63) is 14.5 Å². The molecule has 0 saturated carbocycles. The molecule has 0 bridgehead atoms. The van der Waals surface area contributed by atoms with E-state index in [-0.39, 0.29) is 12.0 Å². The Bertz CT molecular complexity index is 432. The Morgan fingerprint density at radius 1 is 1.73 bits per heavy atom. The van der Waals surface area contributed by atoms with Crippen LogP contribution in [0.15, 0.2) is 0 Å². The zero-order chi connectivity index (χ0) is 11.0. The second kappa shape index (κ2) is 4.03. The molecule has 1 aliphatic rings. The van der Waals surface area contributed by atoms with Gasteiger partial charge in [-0.15, -0.1) is 11.3 Å². The molecule has 0 radical (unpaired) electrons. The molecule has 0 unspecified atom stereocenters. The van der Waals surface area contributed by atoms with Gasteiger partial charge in [-0.25, -0.2) is 0 Å². The van der Waals surface area contributed by atoms with Gasteiger partial charge in [0.25, 0.3) is 0 Å². The summed E-state index contributed by atoms with van der Waals surface area (Å²) < 4.78 is 0.707. The van der Waals surface area contributed by atoms with Crippen molar-refractivity contribution < 1.29 is 9.90 Å². The van der Waals surface area contributed by atoms with Crippen LogP contribution in [0.1, 0.15) is 10.6 Å². The molecule has 0 aromatic carbocycles. The normalized spacial score (nSPS) is 16.5. The van der Waals surface area contributed by atoms with Gasteiger partial charge < -0.3 is 15.0 Å². The second-order valence-corrected chi connectivity index (χ2v) is 5.46. The van der Waals surface area contributed by atoms with Crippen molar-refractivity contribution >= 4 is 29.5 Å². The summed E-state index contributed by atoms with van der Waals surface area (Å²) in [6, 6.07) is 0. The van der Waals surface area contributed by atoms with Crippen LogP contribution in [0.25, 0.3) is 0 Å². The van der Waals surface area contributed by atoms with Crippen LogP contribution in [0.2, 0.25) is 0 Å². The number of amides is 1. The first-order chi connectivity index (χ1) is 7.06. The van der Waals surface area contributed by atoms with Gasteiger partial charge in [0.1, 0.15) is 0 Å². The summed E-state index contributed by atoms with van der Waals surface area (Å²) in [5.41, 5.74) is 0.972. The van der Waals surface area contributed by atoms with E-state index < -0.39 is 0 Å². The lowest BCUT2D eigenvalue weighted by Crippen LogP contribution is -2.53. The van der Waals surface area contributed by atoms with Crippen LogP contribution in [-0.4, -0.2) is 40.1 Å². The number of aliphatic hydroxyl groups excluding tert-OH is 1. The highest BCUT2D eigenvalue weighted by Gasteiger charge is 2.28. The summed E-state index contributed by atoms with van der Waals surface area (Å²) in [4.78, 5) is 17.3. The Morgan fingerprint density at radius 3 is 2.87 bits per heavy atom. The molecule has 0 spiro atoms. The number of likely N-dealkylation sites (tertiary alicyclic amines) is 1. The van der Waals surface area contributed by atoms with Gasteiger partial charge in [-0.2, -0.15) is 0 Å². The number of aromatic amines is 1. The highest BCUT2D eigenvalue weighted by Crippen LogP contribution is 2.17. The number of H-pyrrole nitrogens is 1. The number of aliphatic hydroxyl groups is 1. The summed E-state index contributed by atoms with van der Waals surface area (Å²) >= 11 is 6.44. The van der Waals surface area contributed by atoms with Crippen LogP contribution >= 0.6 is 23.6 Å². The summed E-state index contributed by atoms with van der Waals surface area (Å²) in [5, 5.41) is 9.08. The number of nitrogens with one attached hydrogen (secondary N) is 1. The number of β-amino-alcohol motifs (C(OH)–C–C–N with tert-alkyl or cyclic N) is 1. The number of carbonyl (C=O) groups is 1. The molecule has 1 saturated heterocycles. The zero-order valence-corrected chi connectivity index (χ0v) is 9.95. The van der Waals surface area contributed by atoms with Crippen molar-refractivity contribution in [3.63, 3.8) is 0 Å². The van der Waals surface area contributed by atoms with E-state index in [2.05, 4.69) is 4.98 Å². The van der Waals surface area contributed by atoms with Crippen molar-refractivity contribution in [3.8, 4) is 0 Å². The van der Waals surface area contributed by atoms with E-state index in [1.165, 1.54) is 11.3 Å². The summed E-state index contributed by atoms with van der Waals surface area (Å²) in [6.07, 6.45) is 0.0514. The largest absolute Gasteiger partial charge is 0.389 e. The molecule has 1 aliphatic heterocycles. The fraction of sp³-hybridized carbons (Fsp3) is 0.556. The smallest absolute Gasteiger partial charge is 0.228 e. The van der Waals surface area contributed by atoms with Gasteiger partial charge in [0.15, 0.2) is 3.95 Å². The molecule has 0 atom stereocenters. The van der Waals surface area contributed by atoms with Crippen LogP contribution < -0.4 is 0 Å². The third-order valence-corrected chi connectivity index (χ3v) is 3.79. The molecule has 1 aromatic heterocycles. The minimum atomic E-state index is -0.334. The van der Waals surface area contributed by atoms with E-state index >= 15 is 0 Å². The van der Waals surface area contributed by atoms with E-state index in [0.29, 0.717) is 23.5 Å². The van der Waals surface area contributed by atoms with Gasteiger partial charge in [0, 0.05) is 23.7 Å². The number of thiazole rings is 1. The summed E-state index contributed by atoms with van der Waals surface area (Å²) in [5.74, 6) is 0.0636. The lowest BCUT2D eigenvalue weighted by atomic mass is 10.1. The van der Waals surface area contributed by atoms with Crippen LogP contribution in [0.3, 0.4) is 0 Å². The Morgan fingerprint density at radius 2 is 2.40 bits per heavy atom. The molecular formula is C9H12N2O2S2. The van der Waals surface area contributed by atoms with Gasteiger partial charge in [-0.1, -0.05) is 0 Å². The van der Waals surface area contributed by atoms with Crippen LogP contribution in [-0.2, 0) is 11.2 Å². The molecule has 15 heavy (non-hydrogen) atoms. The molecular weight excluding hydrogens is 232 g/mol. The molecule has 1 amide bonds. The third-order valence-electron chi connectivity index (χ3n) is 2.45. The standard InChI is InChI=1S/C9H12N2O2S2/c1-5-7(15-9(14)10-5)2-8(13)11-3-6(12)4-11/h6,12H,2-4H2,1H3,(H,10,14). The van der Waals surface area contributed by atoms with E-state index in [4.69, 9.17) is 17.3 Å². The highest BCUT2D eigenvalue weighted by molar-refractivity contribution is 7.73. The maximum atomic E-state index is 11.7. The quantitative estimate of drug-likeness (QED) is 0.759. The lowest BCUT2D eigenvalue weighted by molar-refractivity contribution is -0.140. The van der Waals surface area contributed by atoms with Crippen molar-refractivity contribution in [2.24, 2.45) is 0 Å². The predicted octanol–water partition coefficient (Wildman–Crippen LogP) is 0.860. The topological polar surface area (TPSA) is 56.3 Å². The van der Waals surface area contributed by atoms with E-state index in [1.54, 1.807) is 4.90 Å². The first-order valence-electron chi connectivity index (χ1n) is 4.70. The lowest BCUT2D eigenvalue weighted by Gasteiger charge is -2.35. The van der Waals surface area contributed by atoms with Crippen LogP contribution in [0.4, 0.5) is 0 Å². The number of aryl methyl sites for hydroxylation is 1. The maximum absolute atomic E-state index is 11.7. The number of hydrogen-bond acceptors (Lipinski definition) is 4. The molecule has 1 aromatic rings. The first-order valence-corrected chi connectivity index (χ1v) is 5.93. The Labute approximate surface area is 96.5 Å². The van der Waals surface area contributed by atoms with Crippen LogP contribution in [0, 0.1) is 10.9 Å². The average molecular weight is 244 g/mol. The van der Waals surface area contributed by atoms with E-state index in [0.717, 1.165) is 10.6 Å². The zero-order valence-electron chi connectivity index (χ0n) is 8.32. The fourth-order valence-corrected chi connectivity index (χ4v) is 2.80. The maximum Gasteiger partial charge on any atom is 0.228 e. The molecule has 6 heteroatoms. The Kier molecular flexibility index (Phi) is 2.90. The van der Waals surface area contributed by atoms with Gasteiger partial charge >= 0.3 is 0 Å². The monoisotopic (exact) mass is 244 g/mol. The van der Waals surface area contributed by atoms with E-state index in [9.17, 15) is 4.79 Å². The van der Waals surface area contributed by atoms with Gasteiger partial charge in [0.2, 0.25) is 5.91 Å². The number of carbonyl (C=O) groups excluding carboxylic acids is 1. The molecule has 2 rings (SSSR count). The minimum absolute atomic E-state index is 0.0636. The van der Waals surface area contributed by atoms with Crippen LogP contribution in [0.5, 0.6) is 0 Å². The molecule has 82 valence electrons. The average Bonchev–Trinajstić information content (AvgIpc) is 2.40. The van der Waals surface area contributed by atoms with Crippen molar-refractivity contribution in [2.75, 3.05) is 13.1 Å². The number of hydrogen-bond donors (Lipinski definition) is 2. The van der Waals surface area contributed by atoms with Crippen molar-refractivity contribution in [1.82, 2.24) is 9.88 Å². The Hall–Kier alpha value is -0.720. The molecule has 4 nitrogen and oxygen atoms in total. The summed E-state index contributed by atoms with van der Waals surface area (Å²) in [7, 11) is 0. The summed E-state index contributed by atoms with van der Waals surface area (Å²) in [6.45, 7) is 2.85. The molecule has 1 fully saturated rings. The van der Waals surface area contributed by atoms with Crippen molar-refractivity contribution in [2.45, 2.75) is 19.4 Å². The third kappa shape index (κ3) is 2.27. The predicted molar refractivity (Wildman–Crippen MR) is 60.5 cm³/mol. The van der Waals surface area contributed by atoms with Crippen molar-refractivity contribution in [1.29, 1.82) is 0 Å². The number of nitrogens with zero attached hydrogens (tertiary/aromatic N) is 1. The van der Waals surface area contributed by atoms with E-state index in [1.807, 2.05) is 6.92 Å². The molecule has 2 N–H and O–H groups in total. The highest BCUT2D eigenvalue weighted by atomic mass is 32.1. The SMILES string of the molecule is Cc1[nH]c(=S)sc1CC(=O)N1CC(O)C1. The first kappa shape index (κ1) is 10.8. The van der Waals surface area contributed by atoms with Gasteiger partial charge in [-0.05, 0) is 19.1 Å². The number of rotatable bonds is 2. The minimum Gasteiger partial charge on any atom is -0.389 e. The number of aromatic nitrogens is 1. The second-order valence-electron chi connectivity index (χ2n) is 3.69. The molecule has 0 aliphatic carbocycles. The fourth-order valence-electron chi connectivity index (χ4n) is 1.51. The molecule has 2 heterocycles. The van der Waals surface area contributed by atoms with Gasteiger partial charge in [0.05, 0.1) is 12.5 Å².